The van der Waals surface area contributed by atoms with Gasteiger partial charge in [0.25, 0.3) is 0 Å². The first kappa shape index (κ1) is 15.8. The summed E-state index contributed by atoms with van der Waals surface area (Å²) in [7, 11) is 0. The molecule has 0 bridgehead atoms. The molecule has 0 spiro atoms. The smallest absolute Gasteiger partial charge is 0.870 e. The summed E-state index contributed by atoms with van der Waals surface area (Å²) in [6.07, 6.45) is 0. The van der Waals surface area contributed by atoms with Gasteiger partial charge in [-0.1, -0.05) is 20.8 Å². The van der Waals surface area contributed by atoms with Crippen LogP contribution in [0.2, 0.25) is 0 Å². The van der Waals surface area contributed by atoms with Gasteiger partial charge >= 0.3 is 48.9 Å². The van der Waals surface area contributed by atoms with Crippen LogP contribution in [0.4, 0.5) is 0 Å². The molecule has 0 saturated heterocycles. The van der Waals surface area contributed by atoms with Crippen molar-refractivity contribution in [2.45, 2.75) is 26.4 Å². The van der Waals surface area contributed by atoms with Crippen LogP contribution < -0.4 is 5.11 Å². The van der Waals surface area contributed by atoms with E-state index in [2.05, 4.69) is 0 Å². The van der Waals surface area contributed by atoms with Gasteiger partial charge in [0.2, 0.25) is 0 Å². The Morgan fingerprint density at radius 2 is 1.14 bits per heavy atom. The second kappa shape index (κ2) is 5.62. The Morgan fingerprint density at radius 1 is 1.14 bits per heavy atom. The van der Waals surface area contributed by atoms with E-state index in [4.69, 9.17) is 0 Å². The predicted molar refractivity (Wildman–Crippen MR) is 27.4 cm³/mol. The molecule has 0 aliphatic carbocycles. The molecule has 0 unspecified atom stereocenters. The Morgan fingerprint density at radius 3 is 1.14 bits per heavy atom. The van der Waals surface area contributed by atoms with E-state index in [1.807, 2.05) is 0 Å². The fraction of sp³-hybridized carbons (Fsp3) is 1.00. The monoisotopic (exact) mass is 228 g/mol. The van der Waals surface area contributed by atoms with E-state index in [1.54, 1.807) is 20.8 Å². The summed E-state index contributed by atoms with van der Waals surface area (Å²) in [5, 5.41) is 10.1. The third-order valence-corrected chi connectivity index (χ3v) is 0. The van der Waals surface area contributed by atoms with E-state index in [9.17, 15) is 5.11 Å². The molecule has 0 saturated carbocycles. The summed E-state index contributed by atoms with van der Waals surface area (Å²) in [4.78, 5) is 0. The van der Waals surface area contributed by atoms with Crippen molar-refractivity contribution in [3.8, 4) is 0 Å². The Balaban J connectivity index is -0.0000000800. The van der Waals surface area contributed by atoms with Crippen molar-refractivity contribution in [3.05, 3.63) is 0 Å². The molecule has 0 rings (SSSR count). The first-order chi connectivity index (χ1) is 2.00. The van der Waals surface area contributed by atoms with Crippen LogP contribution in [-0.2, 0) is 0 Å². The first-order valence-corrected chi connectivity index (χ1v) is 1.70. The van der Waals surface area contributed by atoms with Crippen LogP contribution in [-0.4, -0.2) is 60.0 Å². The van der Waals surface area contributed by atoms with E-state index in [0.29, 0.717) is 0 Å². The average Bonchev–Trinajstić information content (AvgIpc) is 0.722. The second-order valence-corrected chi connectivity index (χ2v) is 2.11. The zero-order valence-electron chi connectivity index (χ0n) is 5.06. The van der Waals surface area contributed by atoms with Gasteiger partial charge in [-0.2, -0.15) is 0 Å². The topological polar surface area (TPSA) is 53.1 Å². The van der Waals surface area contributed by atoms with Gasteiger partial charge in [-0.05, 0) is 0 Å². The summed E-state index contributed by atoms with van der Waals surface area (Å²) in [5.74, 6) is 0. The summed E-state index contributed by atoms with van der Waals surface area (Å²) < 4.78 is 0. The van der Waals surface area contributed by atoms with Gasteiger partial charge in [-0.15, -0.1) is 5.60 Å². The van der Waals surface area contributed by atoms with Crippen LogP contribution >= 0.6 is 0 Å². The third-order valence-electron chi connectivity index (χ3n) is 0. The Labute approximate surface area is 84.7 Å². The number of hydrogen-bond acceptors (Lipinski definition) is 2. The molecule has 40 valence electrons. The van der Waals surface area contributed by atoms with Crippen LogP contribution in [0.15, 0.2) is 0 Å². The number of rotatable bonds is 0. The van der Waals surface area contributed by atoms with Crippen molar-refractivity contribution in [2.24, 2.45) is 0 Å². The van der Waals surface area contributed by atoms with E-state index in [0.717, 1.165) is 0 Å². The van der Waals surface area contributed by atoms with Crippen LogP contribution in [0.1, 0.15) is 20.8 Å². The minimum Gasteiger partial charge on any atom is -0.870 e. The van der Waals surface area contributed by atoms with E-state index in [-0.39, 0.29) is 54.4 Å². The molecule has 0 atom stereocenters. The normalized spacial score (nSPS) is 8.57. The van der Waals surface area contributed by atoms with Gasteiger partial charge < -0.3 is 10.6 Å². The molecule has 0 fully saturated rings. The second-order valence-electron chi connectivity index (χ2n) is 2.11. The zero-order valence-corrected chi connectivity index (χ0v) is 9.50. The Hall–Kier alpha value is 1.49. The Bertz CT molecular complexity index is 25.2. The van der Waals surface area contributed by atoms with Gasteiger partial charge in [0.1, 0.15) is 0 Å². The molecular weight excluding hydrogens is 217 g/mol. The molecule has 1 N–H and O–H groups in total. The summed E-state index contributed by atoms with van der Waals surface area (Å²) in [6, 6.07) is 0. The molecule has 0 aliphatic heterocycles. The van der Waals surface area contributed by atoms with Crippen molar-refractivity contribution in [2.75, 3.05) is 0 Å². The third kappa shape index (κ3) is 102. The van der Waals surface area contributed by atoms with E-state index < -0.39 is 5.60 Å². The summed E-state index contributed by atoms with van der Waals surface area (Å²) >= 11 is 0. The van der Waals surface area contributed by atoms with Gasteiger partial charge in [0.05, 0.1) is 0 Å². The molecular formula is C4H10BaO2. The van der Waals surface area contributed by atoms with Crippen LogP contribution in [0, 0.1) is 0 Å². The van der Waals surface area contributed by atoms with Crippen LogP contribution in [0.5, 0.6) is 0 Å². The molecule has 0 radical (unpaired) electrons. The maximum absolute atomic E-state index is 10.1. The minimum atomic E-state index is -0.750. The zero-order chi connectivity index (χ0) is 4.50. The molecule has 2 nitrogen and oxygen atoms in total. The van der Waals surface area contributed by atoms with E-state index in [1.165, 1.54) is 0 Å². The average molecular weight is 227 g/mol. The maximum atomic E-state index is 10.1. The molecule has 0 aromatic rings. The van der Waals surface area contributed by atoms with Crippen LogP contribution in [0.25, 0.3) is 0 Å². The van der Waals surface area contributed by atoms with Crippen molar-refractivity contribution in [1.82, 2.24) is 0 Å². The molecule has 3 heteroatoms. The molecule has 7 heavy (non-hydrogen) atoms. The number of hydrogen-bond donors (Lipinski definition) is 0. The molecule has 0 heterocycles. The van der Waals surface area contributed by atoms with E-state index >= 15 is 0 Å². The molecule has 0 amide bonds. The van der Waals surface area contributed by atoms with Gasteiger partial charge in [0.15, 0.2) is 0 Å². The predicted octanol–water partition coefficient (Wildman–Crippen LogP) is -0.412. The maximum Gasteiger partial charge on any atom is 2.00 e. The molecule has 0 aliphatic rings. The van der Waals surface area contributed by atoms with Gasteiger partial charge in [-0.3, -0.25) is 0 Å². The first-order valence-electron chi connectivity index (χ1n) is 1.70. The Kier molecular flexibility index (Phi) is 12.7. The van der Waals surface area contributed by atoms with Crippen molar-refractivity contribution in [1.29, 1.82) is 0 Å². The SMILES string of the molecule is CC(C)(C)[O-].[Ba+2].[OH-]. The van der Waals surface area contributed by atoms with Crippen LogP contribution in [0.3, 0.4) is 0 Å². The summed E-state index contributed by atoms with van der Waals surface area (Å²) in [6.45, 7) is 4.90. The fourth-order valence-electron chi connectivity index (χ4n) is 0. The van der Waals surface area contributed by atoms with Crippen molar-refractivity contribution < 1.29 is 10.6 Å². The van der Waals surface area contributed by atoms with Gasteiger partial charge in [0, 0.05) is 0 Å². The molecule has 0 aromatic carbocycles. The molecule has 0 aromatic heterocycles. The minimum absolute atomic E-state index is 0. The fourth-order valence-corrected chi connectivity index (χ4v) is 0. The van der Waals surface area contributed by atoms with Crippen molar-refractivity contribution in [3.63, 3.8) is 0 Å². The van der Waals surface area contributed by atoms with Crippen molar-refractivity contribution >= 4 is 48.9 Å². The quantitative estimate of drug-likeness (QED) is 0.528. The standard InChI is InChI=1S/C4H9O.Ba.H2O/c1-4(2,3)5;;/h1-3H3;;1H2/q-1;+2;/p-1. The van der Waals surface area contributed by atoms with Gasteiger partial charge in [-0.25, -0.2) is 0 Å². The summed E-state index contributed by atoms with van der Waals surface area (Å²) in [5.41, 5.74) is -0.750. The largest absolute Gasteiger partial charge is 2.00 e.